The summed E-state index contributed by atoms with van der Waals surface area (Å²) in [5.41, 5.74) is 0.902. The number of aromatic nitrogens is 2. The van der Waals surface area contributed by atoms with Crippen LogP contribution in [-0.4, -0.2) is 34.8 Å². The highest BCUT2D eigenvalue weighted by atomic mass is 35.5. The summed E-state index contributed by atoms with van der Waals surface area (Å²) < 4.78 is 0. The van der Waals surface area contributed by atoms with Crippen LogP contribution in [0.25, 0.3) is 0 Å². The number of hydrogen-bond donors (Lipinski definition) is 0. The normalized spacial score (nSPS) is 17.6. The molecule has 1 aliphatic heterocycles. The largest absolute Gasteiger partial charge is 0.368 e. The molecule has 2 rings (SSSR count). The van der Waals surface area contributed by atoms with Crippen LogP contribution in [0.1, 0.15) is 6.42 Å². The molecule has 0 unspecified atom stereocenters. The molecule has 1 fully saturated rings. The van der Waals surface area contributed by atoms with Crippen LogP contribution < -0.4 is 4.90 Å². The molecule has 1 saturated heterocycles. The molecule has 6 heteroatoms. The third kappa shape index (κ3) is 2.89. The first-order valence-electron chi connectivity index (χ1n) is 4.79. The maximum Gasteiger partial charge on any atom is 0.175 e. The van der Waals surface area contributed by atoms with E-state index in [9.17, 15) is 0 Å². The standard InChI is InChI=1S/C9H11Cl2N3S/c10-8-6-7(9(11)13-12-8)14-2-1-4-15-5-3-14/h6H,1-5H2. The van der Waals surface area contributed by atoms with Gasteiger partial charge in [0.2, 0.25) is 0 Å². The number of rotatable bonds is 1. The highest BCUT2D eigenvalue weighted by Crippen LogP contribution is 2.27. The molecule has 0 aliphatic carbocycles. The third-order valence-electron chi connectivity index (χ3n) is 2.26. The molecule has 0 N–H and O–H groups in total. The molecule has 0 bridgehead atoms. The number of hydrogen-bond acceptors (Lipinski definition) is 4. The zero-order valence-electron chi connectivity index (χ0n) is 8.12. The van der Waals surface area contributed by atoms with E-state index >= 15 is 0 Å². The highest BCUT2D eigenvalue weighted by molar-refractivity contribution is 7.99. The van der Waals surface area contributed by atoms with Crippen molar-refractivity contribution in [3.05, 3.63) is 16.4 Å². The van der Waals surface area contributed by atoms with Crippen LogP contribution in [0.15, 0.2) is 6.07 Å². The van der Waals surface area contributed by atoms with Gasteiger partial charge in [-0.25, -0.2) is 0 Å². The van der Waals surface area contributed by atoms with Gasteiger partial charge in [-0.2, -0.15) is 11.8 Å². The maximum absolute atomic E-state index is 6.00. The van der Waals surface area contributed by atoms with Gasteiger partial charge in [0.1, 0.15) is 0 Å². The Morgan fingerprint density at radius 2 is 2.07 bits per heavy atom. The number of thioether (sulfide) groups is 1. The zero-order chi connectivity index (χ0) is 10.7. The lowest BCUT2D eigenvalue weighted by Gasteiger charge is -2.22. The van der Waals surface area contributed by atoms with Crippen LogP contribution in [0.2, 0.25) is 10.3 Å². The molecule has 0 atom stereocenters. The molecule has 15 heavy (non-hydrogen) atoms. The minimum Gasteiger partial charge on any atom is -0.368 e. The smallest absolute Gasteiger partial charge is 0.175 e. The first kappa shape index (κ1) is 11.3. The van der Waals surface area contributed by atoms with Crippen molar-refractivity contribution in [2.75, 3.05) is 29.5 Å². The molecule has 1 aliphatic rings. The molecule has 0 radical (unpaired) electrons. The predicted octanol–water partition coefficient (Wildman–Crippen LogP) is 2.73. The topological polar surface area (TPSA) is 29.0 Å². The Balaban J connectivity index is 2.22. The van der Waals surface area contributed by atoms with Gasteiger partial charge < -0.3 is 4.90 Å². The van der Waals surface area contributed by atoms with E-state index in [0.29, 0.717) is 10.3 Å². The Labute approximate surface area is 103 Å². The number of halogens is 2. The number of nitrogens with zero attached hydrogens (tertiary/aromatic N) is 3. The molecule has 2 heterocycles. The van der Waals surface area contributed by atoms with Crippen molar-refractivity contribution in [2.24, 2.45) is 0 Å². The molecule has 1 aromatic heterocycles. The summed E-state index contributed by atoms with van der Waals surface area (Å²) in [5.74, 6) is 2.33. The first-order chi connectivity index (χ1) is 7.27. The Morgan fingerprint density at radius 3 is 2.93 bits per heavy atom. The summed E-state index contributed by atoms with van der Waals surface area (Å²) in [6.07, 6.45) is 1.17. The van der Waals surface area contributed by atoms with Gasteiger partial charge in [0.05, 0.1) is 5.69 Å². The fraction of sp³-hybridized carbons (Fsp3) is 0.556. The van der Waals surface area contributed by atoms with Crippen molar-refractivity contribution >= 4 is 40.7 Å². The SMILES string of the molecule is Clc1cc(N2CCCSCC2)c(Cl)nn1. The van der Waals surface area contributed by atoms with Crippen molar-refractivity contribution in [1.82, 2.24) is 10.2 Å². The third-order valence-corrected chi connectivity index (χ3v) is 3.77. The number of anilines is 1. The van der Waals surface area contributed by atoms with Crippen LogP contribution in [0, 0.1) is 0 Å². The second-order valence-corrected chi connectivity index (χ2v) is 5.27. The van der Waals surface area contributed by atoms with E-state index in [1.165, 1.54) is 12.2 Å². The van der Waals surface area contributed by atoms with E-state index in [2.05, 4.69) is 15.1 Å². The summed E-state index contributed by atoms with van der Waals surface area (Å²) in [6, 6.07) is 1.78. The van der Waals surface area contributed by atoms with Gasteiger partial charge in [0.15, 0.2) is 10.3 Å². The maximum atomic E-state index is 6.00. The van der Waals surface area contributed by atoms with Gasteiger partial charge in [0.25, 0.3) is 0 Å². The summed E-state index contributed by atoms with van der Waals surface area (Å²) in [4.78, 5) is 2.23. The van der Waals surface area contributed by atoms with Crippen molar-refractivity contribution < 1.29 is 0 Å². The van der Waals surface area contributed by atoms with Crippen molar-refractivity contribution in [2.45, 2.75) is 6.42 Å². The Bertz CT molecular complexity index is 340. The minimum absolute atomic E-state index is 0.395. The molecular formula is C9H11Cl2N3S. The van der Waals surface area contributed by atoms with Gasteiger partial charge in [-0.3, -0.25) is 0 Å². The fourth-order valence-electron chi connectivity index (χ4n) is 1.55. The van der Waals surface area contributed by atoms with Gasteiger partial charge in [-0.15, -0.1) is 10.2 Å². The van der Waals surface area contributed by atoms with Gasteiger partial charge >= 0.3 is 0 Å². The lowest BCUT2D eigenvalue weighted by Crippen LogP contribution is -2.26. The second kappa shape index (κ2) is 5.23. The first-order valence-corrected chi connectivity index (χ1v) is 6.70. The summed E-state index contributed by atoms with van der Waals surface area (Å²) >= 11 is 13.8. The molecule has 0 spiro atoms. The van der Waals surface area contributed by atoms with Crippen LogP contribution in [-0.2, 0) is 0 Å². The van der Waals surface area contributed by atoms with Crippen molar-refractivity contribution in [3.8, 4) is 0 Å². The monoisotopic (exact) mass is 263 g/mol. The average Bonchev–Trinajstić information content (AvgIpc) is 2.50. The van der Waals surface area contributed by atoms with E-state index in [1.807, 2.05) is 11.8 Å². The van der Waals surface area contributed by atoms with Crippen LogP contribution in [0.4, 0.5) is 5.69 Å². The van der Waals surface area contributed by atoms with Gasteiger partial charge in [0, 0.05) is 24.9 Å². The lowest BCUT2D eigenvalue weighted by molar-refractivity contribution is 0.809. The van der Waals surface area contributed by atoms with Crippen LogP contribution >= 0.6 is 35.0 Å². The fourth-order valence-corrected chi connectivity index (χ4v) is 2.79. The summed E-state index contributed by atoms with van der Waals surface area (Å²) in [7, 11) is 0. The quantitative estimate of drug-likeness (QED) is 0.780. The molecule has 1 aromatic rings. The van der Waals surface area contributed by atoms with Crippen molar-refractivity contribution in [1.29, 1.82) is 0 Å². The lowest BCUT2D eigenvalue weighted by atomic mass is 10.3. The Morgan fingerprint density at radius 1 is 1.20 bits per heavy atom. The summed E-state index contributed by atoms with van der Waals surface area (Å²) in [5, 5.41) is 8.36. The van der Waals surface area contributed by atoms with E-state index in [0.717, 1.165) is 24.5 Å². The predicted molar refractivity (Wildman–Crippen MR) is 66.2 cm³/mol. The Hall–Kier alpha value is -0.190. The van der Waals surface area contributed by atoms with E-state index in [4.69, 9.17) is 23.2 Å². The Kier molecular flexibility index (Phi) is 3.94. The second-order valence-electron chi connectivity index (χ2n) is 3.30. The van der Waals surface area contributed by atoms with Gasteiger partial charge in [-0.05, 0) is 12.2 Å². The van der Waals surface area contributed by atoms with Crippen molar-refractivity contribution in [3.63, 3.8) is 0 Å². The van der Waals surface area contributed by atoms with E-state index < -0.39 is 0 Å². The zero-order valence-corrected chi connectivity index (χ0v) is 10.4. The average molecular weight is 264 g/mol. The highest BCUT2D eigenvalue weighted by Gasteiger charge is 2.14. The van der Waals surface area contributed by atoms with E-state index in [-0.39, 0.29) is 0 Å². The van der Waals surface area contributed by atoms with Gasteiger partial charge in [-0.1, -0.05) is 23.2 Å². The molecule has 82 valence electrons. The molecule has 0 saturated carbocycles. The van der Waals surface area contributed by atoms with Crippen LogP contribution in [0.3, 0.4) is 0 Å². The summed E-state index contributed by atoms with van der Waals surface area (Å²) in [6.45, 7) is 2.00. The van der Waals surface area contributed by atoms with E-state index in [1.54, 1.807) is 6.07 Å². The minimum atomic E-state index is 0.395. The van der Waals surface area contributed by atoms with Crippen LogP contribution in [0.5, 0.6) is 0 Å². The molecule has 0 amide bonds. The molecule has 0 aromatic carbocycles. The molecular weight excluding hydrogens is 253 g/mol. The molecule has 3 nitrogen and oxygen atoms in total.